The van der Waals surface area contributed by atoms with Crippen LogP contribution >= 0.6 is 11.3 Å². The highest BCUT2D eigenvalue weighted by Crippen LogP contribution is 2.40. The van der Waals surface area contributed by atoms with Crippen LogP contribution in [0.3, 0.4) is 0 Å². The number of esters is 1. The number of nitrogens with one attached hydrogen (secondary N) is 1. The van der Waals surface area contributed by atoms with Gasteiger partial charge in [-0.1, -0.05) is 26.0 Å². The van der Waals surface area contributed by atoms with Gasteiger partial charge in [0.05, 0.1) is 24.8 Å². The number of amides is 3. The van der Waals surface area contributed by atoms with Crippen molar-refractivity contribution in [2.24, 2.45) is 5.92 Å². The highest BCUT2D eigenvalue weighted by Gasteiger charge is 2.36. The molecule has 0 atom stereocenters. The average Bonchev–Trinajstić information content (AvgIpc) is 3.28. The molecule has 1 aliphatic rings. The van der Waals surface area contributed by atoms with E-state index in [0.717, 1.165) is 9.60 Å². The van der Waals surface area contributed by atoms with E-state index in [9.17, 15) is 19.2 Å². The van der Waals surface area contributed by atoms with Gasteiger partial charge in [0.15, 0.2) is 10.6 Å². The summed E-state index contributed by atoms with van der Waals surface area (Å²) in [6.45, 7) is 4.00. The van der Waals surface area contributed by atoms with Crippen molar-refractivity contribution in [2.45, 2.75) is 13.8 Å². The number of imide groups is 1. The molecular weight excluding hydrogens is 444 g/mol. The van der Waals surface area contributed by atoms with Crippen LogP contribution < -0.4 is 10.1 Å². The van der Waals surface area contributed by atoms with Crippen LogP contribution in [-0.2, 0) is 9.53 Å². The van der Waals surface area contributed by atoms with Crippen LogP contribution in [0.15, 0.2) is 42.5 Å². The molecule has 3 amide bonds. The van der Waals surface area contributed by atoms with Gasteiger partial charge in [-0.3, -0.25) is 19.3 Å². The van der Waals surface area contributed by atoms with Crippen molar-refractivity contribution in [1.29, 1.82) is 0 Å². The summed E-state index contributed by atoms with van der Waals surface area (Å²) in [6, 6.07) is 11.6. The van der Waals surface area contributed by atoms with E-state index in [4.69, 9.17) is 9.47 Å². The maximum Gasteiger partial charge on any atom is 0.351 e. The Morgan fingerprint density at radius 3 is 2.33 bits per heavy atom. The molecule has 0 bridgehead atoms. The fourth-order valence-corrected chi connectivity index (χ4v) is 4.55. The zero-order valence-electron chi connectivity index (χ0n) is 18.3. The van der Waals surface area contributed by atoms with Gasteiger partial charge in [0.25, 0.3) is 11.8 Å². The molecule has 170 valence electrons. The summed E-state index contributed by atoms with van der Waals surface area (Å²) in [5, 5.41) is 3.39. The van der Waals surface area contributed by atoms with E-state index >= 15 is 0 Å². The molecule has 0 saturated heterocycles. The van der Waals surface area contributed by atoms with Crippen LogP contribution in [-0.4, -0.2) is 48.9 Å². The number of hydrogen-bond acceptors (Lipinski definition) is 7. The van der Waals surface area contributed by atoms with Gasteiger partial charge in [-0.15, -0.1) is 11.3 Å². The lowest BCUT2D eigenvalue weighted by molar-refractivity contribution is -0.116. The van der Waals surface area contributed by atoms with Crippen molar-refractivity contribution in [3.8, 4) is 5.75 Å². The number of carbonyl (C=O) groups excluding carboxylic acids is 4. The number of ether oxygens (including phenoxy) is 2. The van der Waals surface area contributed by atoms with Crippen molar-refractivity contribution in [3.63, 3.8) is 0 Å². The van der Waals surface area contributed by atoms with Crippen LogP contribution in [0.25, 0.3) is 10.1 Å². The first-order valence-corrected chi connectivity index (χ1v) is 11.1. The number of hydrogen-bond donors (Lipinski definition) is 1. The smallest absolute Gasteiger partial charge is 0.351 e. The molecule has 3 aromatic rings. The van der Waals surface area contributed by atoms with E-state index in [0.29, 0.717) is 28.3 Å². The third kappa shape index (κ3) is 4.31. The van der Waals surface area contributed by atoms with Gasteiger partial charge in [0.1, 0.15) is 6.54 Å². The Labute approximate surface area is 194 Å². The van der Waals surface area contributed by atoms with E-state index in [1.54, 1.807) is 42.5 Å². The molecule has 1 aromatic heterocycles. The highest BCUT2D eigenvalue weighted by atomic mass is 32.1. The number of thiophene rings is 1. The van der Waals surface area contributed by atoms with E-state index < -0.39 is 30.2 Å². The van der Waals surface area contributed by atoms with E-state index in [-0.39, 0.29) is 17.0 Å². The number of nitrogens with zero attached hydrogens (tertiary/aromatic N) is 1. The second-order valence-corrected chi connectivity index (χ2v) is 9.01. The number of benzene rings is 2. The van der Waals surface area contributed by atoms with E-state index in [2.05, 4.69) is 5.32 Å². The molecule has 0 saturated carbocycles. The first-order valence-electron chi connectivity index (χ1n) is 10.3. The predicted molar refractivity (Wildman–Crippen MR) is 124 cm³/mol. The van der Waals surface area contributed by atoms with Crippen LogP contribution in [0.4, 0.5) is 5.69 Å². The molecule has 1 aliphatic heterocycles. The van der Waals surface area contributed by atoms with Crippen LogP contribution in [0.1, 0.15) is 44.2 Å². The SMILES string of the molecule is COC(=O)c1sc2ccc(NC(=O)CN3C(=O)c4ccccc4C3=O)cc2c1OCC(C)C. The van der Waals surface area contributed by atoms with E-state index in [1.165, 1.54) is 18.4 Å². The molecule has 9 heteroatoms. The minimum absolute atomic E-state index is 0.244. The van der Waals surface area contributed by atoms with Crippen LogP contribution in [0.5, 0.6) is 5.75 Å². The Morgan fingerprint density at radius 1 is 1.06 bits per heavy atom. The minimum Gasteiger partial charge on any atom is -0.491 e. The molecular formula is C24H22N2O6S. The normalized spacial score (nSPS) is 12.9. The summed E-state index contributed by atoms with van der Waals surface area (Å²) in [5.74, 6) is -1.35. The average molecular weight is 467 g/mol. The number of carbonyl (C=O) groups is 4. The van der Waals surface area contributed by atoms with Crippen LogP contribution in [0.2, 0.25) is 0 Å². The zero-order valence-corrected chi connectivity index (χ0v) is 19.2. The molecule has 4 rings (SSSR count). The van der Waals surface area contributed by atoms with Crippen LogP contribution in [0, 0.1) is 5.92 Å². The Balaban J connectivity index is 1.56. The highest BCUT2D eigenvalue weighted by molar-refractivity contribution is 7.21. The second kappa shape index (κ2) is 9.03. The largest absolute Gasteiger partial charge is 0.491 e. The lowest BCUT2D eigenvalue weighted by atomic mass is 10.1. The predicted octanol–water partition coefficient (Wildman–Crippen LogP) is 3.96. The number of rotatable bonds is 7. The summed E-state index contributed by atoms with van der Waals surface area (Å²) in [7, 11) is 1.31. The zero-order chi connectivity index (χ0) is 23.7. The van der Waals surface area contributed by atoms with Crippen molar-refractivity contribution in [3.05, 3.63) is 58.5 Å². The van der Waals surface area contributed by atoms with Gasteiger partial charge in [-0.2, -0.15) is 0 Å². The molecule has 0 radical (unpaired) electrons. The van der Waals surface area contributed by atoms with Crippen molar-refractivity contribution in [1.82, 2.24) is 4.90 Å². The molecule has 0 fully saturated rings. The topological polar surface area (TPSA) is 102 Å². The fourth-order valence-electron chi connectivity index (χ4n) is 3.50. The first kappa shape index (κ1) is 22.5. The minimum atomic E-state index is -0.517. The number of anilines is 1. The summed E-state index contributed by atoms with van der Waals surface area (Å²) >= 11 is 1.25. The molecule has 0 unspecified atom stereocenters. The molecule has 8 nitrogen and oxygen atoms in total. The van der Waals surface area contributed by atoms with Gasteiger partial charge < -0.3 is 14.8 Å². The molecule has 2 heterocycles. The second-order valence-electron chi connectivity index (χ2n) is 7.96. The lowest BCUT2D eigenvalue weighted by Crippen LogP contribution is -2.37. The monoisotopic (exact) mass is 466 g/mol. The maximum absolute atomic E-state index is 12.6. The quantitative estimate of drug-likeness (QED) is 0.418. The van der Waals surface area contributed by atoms with Crippen molar-refractivity contribution >= 4 is 50.8 Å². The number of fused-ring (bicyclic) bond motifs is 2. The molecule has 1 N–H and O–H groups in total. The fraction of sp³-hybridized carbons (Fsp3) is 0.250. The standard InChI is InChI=1S/C24H22N2O6S/c1-13(2)12-32-20-17-10-14(8-9-18(17)33-21(20)24(30)31-3)25-19(27)11-26-22(28)15-6-4-5-7-16(15)23(26)29/h4-10,13H,11-12H2,1-3H3,(H,25,27). The van der Waals surface area contributed by atoms with Gasteiger partial charge >= 0.3 is 5.97 Å². The summed E-state index contributed by atoms with van der Waals surface area (Å²) in [4.78, 5) is 51.2. The Morgan fingerprint density at radius 2 is 1.73 bits per heavy atom. The van der Waals surface area contributed by atoms with Gasteiger partial charge in [-0.05, 0) is 36.2 Å². The van der Waals surface area contributed by atoms with Gasteiger partial charge in [0.2, 0.25) is 5.91 Å². The van der Waals surface area contributed by atoms with Crippen molar-refractivity contribution < 1.29 is 28.7 Å². The molecule has 2 aromatic carbocycles. The third-order valence-corrected chi connectivity index (χ3v) is 6.17. The summed E-state index contributed by atoms with van der Waals surface area (Å²) in [5.41, 5.74) is 1.03. The Kier molecular flexibility index (Phi) is 6.15. The summed E-state index contributed by atoms with van der Waals surface area (Å²) in [6.07, 6.45) is 0. The first-order chi connectivity index (χ1) is 15.8. The molecule has 33 heavy (non-hydrogen) atoms. The molecule has 0 aliphatic carbocycles. The van der Waals surface area contributed by atoms with Crippen molar-refractivity contribution in [2.75, 3.05) is 25.6 Å². The van der Waals surface area contributed by atoms with E-state index in [1.807, 2.05) is 13.8 Å². The summed E-state index contributed by atoms with van der Waals surface area (Å²) < 4.78 is 11.6. The maximum atomic E-state index is 12.6. The van der Waals surface area contributed by atoms with Gasteiger partial charge in [0, 0.05) is 15.8 Å². The lowest BCUT2D eigenvalue weighted by Gasteiger charge is -2.14. The molecule has 0 spiro atoms. The Hall–Kier alpha value is -3.72. The van der Waals surface area contributed by atoms with Gasteiger partial charge in [-0.25, -0.2) is 4.79 Å². The Bertz CT molecular complexity index is 1240. The third-order valence-electron chi connectivity index (χ3n) is 5.04. The number of methoxy groups -OCH3 is 1.